The van der Waals surface area contributed by atoms with Crippen LogP contribution in [0.3, 0.4) is 0 Å². The minimum absolute atomic E-state index is 0.0896. The summed E-state index contributed by atoms with van der Waals surface area (Å²) >= 11 is 0. The maximum absolute atomic E-state index is 13.6. The first-order chi connectivity index (χ1) is 14.4. The van der Waals surface area contributed by atoms with Gasteiger partial charge in [-0.15, -0.1) is 0 Å². The van der Waals surface area contributed by atoms with Gasteiger partial charge in [0.15, 0.2) is 17.5 Å². The minimum atomic E-state index is -1.67. The normalized spacial score (nSPS) is 16.3. The van der Waals surface area contributed by atoms with Crippen LogP contribution in [-0.2, 0) is 9.59 Å². The van der Waals surface area contributed by atoms with Gasteiger partial charge in [0.2, 0.25) is 11.8 Å². The molecular formula is C21H22F3N3O3. The Kier molecular flexibility index (Phi) is 6.94. The van der Waals surface area contributed by atoms with E-state index in [0.29, 0.717) is 6.07 Å². The third kappa shape index (κ3) is 5.10. The van der Waals surface area contributed by atoms with Gasteiger partial charge in [-0.1, -0.05) is 12.1 Å². The molecule has 1 fully saturated rings. The fourth-order valence-corrected chi connectivity index (χ4v) is 3.45. The van der Waals surface area contributed by atoms with Crippen LogP contribution < -0.4 is 15.4 Å². The van der Waals surface area contributed by atoms with E-state index in [0.717, 1.165) is 36.8 Å². The van der Waals surface area contributed by atoms with Crippen molar-refractivity contribution in [2.75, 3.05) is 32.1 Å². The molecule has 30 heavy (non-hydrogen) atoms. The second-order valence-electron chi connectivity index (χ2n) is 6.95. The first-order valence-corrected chi connectivity index (χ1v) is 9.47. The van der Waals surface area contributed by atoms with Crippen molar-refractivity contribution in [1.29, 1.82) is 0 Å². The lowest BCUT2D eigenvalue weighted by atomic mass is 10.0. The van der Waals surface area contributed by atoms with Crippen LogP contribution in [0.25, 0.3) is 0 Å². The molecule has 2 amide bonds. The number of hydrogen-bond donors (Lipinski definition) is 2. The fraction of sp³-hybridized carbons (Fsp3) is 0.333. The van der Waals surface area contributed by atoms with E-state index < -0.39 is 35.6 Å². The van der Waals surface area contributed by atoms with Crippen LogP contribution in [0.1, 0.15) is 24.4 Å². The molecule has 1 saturated heterocycles. The van der Waals surface area contributed by atoms with Crippen LogP contribution in [-0.4, -0.2) is 43.5 Å². The topological polar surface area (TPSA) is 70.7 Å². The number of nitrogens with one attached hydrogen (secondary N) is 2. The van der Waals surface area contributed by atoms with Crippen molar-refractivity contribution < 1.29 is 27.5 Å². The van der Waals surface area contributed by atoms with Gasteiger partial charge in [0.05, 0.1) is 25.9 Å². The van der Waals surface area contributed by atoms with Gasteiger partial charge in [-0.05, 0) is 49.2 Å². The van der Waals surface area contributed by atoms with Crippen LogP contribution in [0.5, 0.6) is 5.75 Å². The number of methoxy groups -OCH3 is 1. The number of carbonyl (C=O) groups excluding carboxylic acids is 2. The number of halogens is 3. The highest BCUT2D eigenvalue weighted by atomic mass is 19.2. The third-order valence-electron chi connectivity index (χ3n) is 4.97. The summed E-state index contributed by atoms with van der Waals surface area (Å²) in [5.41, 5.74) is 0.583. The quantitative estimate of drug-likeness (QED) is 0.675. The second kappa shape index (κ2) is 9.62. The van der Waals surface area contributed by atoms with Crippen molar-refractivity contribution in [1.82, 2.24) is 10.2 Å². The molecule has 0 saturated carbocycles. The summed E-state index contributed by atoms with van der Waals surface area (Å²) < 4.78 is 44.9. The van der Waals surface area contributed by atoms with Gasteiger partial charge in [-0.2, -0.15) is 0 Å². The Morgan fingerprint density at radius 2 is 1.80 bits per heavy atom. The van der Waals surface area contributed by atoms with Crippen molar-refractivity contribution >= 4 is 17.5 Å². The fourth-order valence-electron chi connectivity index (χ4n) is 3.45. The molecule has 6 nitrogen and oxygen atoms in total. The average molecular weight is 421 g/mol. The highest BCUT2D eigenvalue weighted by molar-refractivity contribution is 5.94. The van der Waals surface area contributed by atoms with Crippen LogP contribution in [0.15, 0.2) is 36.4 Å². The zero-order chi connectivity index (χ0) is 21.7. The summed E-state index contributed by atoms with van der Waals surface area (Å²) in [5, 5.41) is 4.57. The molecule has 2 N–H and O–H groups in total. The van der Waals surface area contributed by atoms with E-state index in [-0.39, 0.29) is 18.5 Å². The van der Waals surface area contributed by atoms with Crippen LogP contribution >= 0.6 is 0 Å². The molecule has 1 atom stereocenters. The molecule has 1 heterocycles. The third-order valence-corrected chi connectivity index (χ3v) is 4.97. The summed E-state index contributed by atoms with van der Waals surface area (Å²) in [6, 6.07) is 9.37. The van der Waals surface area contributed by atoms with E-state index in [2.05, 4.69) is 10.6 Å². The number of rotatable bonds is 7. The lowest BCUT2D eigenvalue weighted by Gasteiger charge is -2.24. The molecule has 160 valence electrons. The summed E-state index contributed by atoms with van der Waals surface area (Å²) in [5.74, 6) is -4.87. The molecule has 0 spiro atoms. The zero-order valence-corrected chi connectivity index (χ0v) is 16.4. The Bertz CT molecular complexity index is 922. The molecule has 0 aromatic heterocycles. The maximum atomic E-state index is 13.6. The van der Waals surface area contributed by atoms with Gasteiger partial charge in [-0.25, -0.2) is 13.2 Å². The molecule has 1 aliphatic heterocycles. The standard InChI is InChI=1S/C21H22F3N3O3/c1-30-14-6-4-13(5-7-14)17-3-2-10-27(17)12-19(29)25-11-18(28)26-16-9-8-15(22)20(23)21(16)24/h4-9,17H,2-3,10-12H2,1H3,(H,25,29)(H,26,28)/t17-/m1/s1. The number of nitrogens with zero attached hydrogens (tertiary/aromatic N) is 1. The predicted octanol–water partition coefficient (Wildman–Crippen LogP) is 3.00. The highest BCUT2D eigenvalue weighted by Crippen LogP contribution is 2.32. The van der Waals surface area contributed by atoms with Crippen molar-refractivity contribution in [3.05, 3.63) is 59.4 Å². The number of anilines is 1. The van der Waals surface area contributed by atoms with Crippen molar-refractivity contribution in [3.8, 4) is 5.75 Å². The smallest absolute Gasteiger partial charge is 0.243 e. The molecule has 2 aromatic rings. The summed E-state index contributed by atoms with van der Waals surface area (Å²) in [6.45, 7) is 0.429. The van der Waals surface area contributed by atoms with E-state index in [4.69, 9.17) is 4.74 Å². The van der Waals surface area contributed by atoms with Crippen molar-refractivity contribution in [3.63, 3.8) is 0 Å². The maximum Gasteiger partial charge on any atom is 0.243 e. The minimum Gasteiger partial charge on any atom is -0.497 e. The van der Waals surface area contributed by atoms with E-state index in [1.807, 2.05) is 29.2 Å². The molecule has 0 bridgehead atoms. The monoisotopic (exact) mass is 421 g/mol. The van der Waals surface area contributed by atoms with E-state index in [1.165, 1.54) is 0 Å². The van der Waals surface area contributed by atoms with Crippen LogP contribution in [0, 0.1) is 17.5 Å². The van der Waals surface area contributed by atoms with Crippen molar-refractivity contribution in [2.24, 2.45) is 0 Å². The molecule has 9 heteroatoms. The highest BCUT2D eigenvalue weighted by Gasteiger charge is 2.27. The van der Waals surface area contributed by atoms with E-state index in [1.54, 1.807) is 7.11 Å². The lowest BCUT2D eigenvalue weighted by Crippen LogP contribution is -2.40. The Hall–Kier alpha value is -3.07. The average Bonchev–Trinajstić information content (AvgIpc) is 3.20. The number of amides is 2. The number of likely N-dealkylation sites (tertiary alicyclic amines) is 1. The van der Waals surface area contributed by atoms with Crippen molar-refractivity contribution in [2.45, 2.75) is 18.9 Å². The summed E-state index contributed by atoms with van der Waals surface area (Å²) in [4.78, 5) is 26.2. The lowest BCUT2D eigenvalue weighted by molar-refractivity contribution is -0.125. The second-order valence-corrected chi connectivity index (χ2v) is 6.95. The molecule has 0 aliphatic carbocycles. The molecular weight excluding hydrogens is 399 g/mol. The Balaban J connectivity index is 1.51. The van der Waals surface area contributed by atoms with Gasteiger partial charge in [0.25, 0.3) is 0 Å². The van der Waals surface area contributed by atoms with Gasteiger partial charge in [0, 0.05) is 6.04 Å². The van der Waals surface area contributed by atoms with E-state index in [9.17, 15) is 22.8 Å². The Morgan fingerprint density at radius 3 is 2.50 bits per heavy atom. The predicted molar refractivity (Wildman–Crippen MR) is 104 cm³/mol. The number of hydrogen-bond acceptors (Lipinski definition) is 4. The SMILES string of the molecule is COc1ccc([C@H]2CCCN2CC(=O)NCC(=O)Nc2ccc(F)c(F)c2F)cc1. The molecule has 0 radical (unpaired) electrons. The van der Waals surface area contributed by atoms with Gasteiger partial charge < -0.3 is 15.4 Å². The molecule has 0 unspecified atom stereocenters. The molecule has 3 rings (SSSR count). The largest absolute Gasteiger partial charge is 0.497 e. The summed E-state index contributed by atoms with van der Waals surface area (Å²) in [6.07, 6.45) is 1.86. The first kappa shape index (κ1) is 21.6. The number of benzene rings is 2. The van der Waals surface area contributed by atoms with E-state index >= 15 is 0 Å². The van der Waals surface area contributed by atoms with Gasteiger partial charge >= 0.3 is 0 Å². The molecule has 1 aliphatic rings. The summed E-state index contributed by atoms with van der Waals surface area (Å²) in [7, 11) is 1.60. The Labute approximate surface area is 172 Å². The molecule has 2 aromatic carbocycles. The number of ether oxygens (including phenoxy) is 1. The number of carbonyl (C=O) groups is 2. The van der Waals surface area contributed by atoms with Crippen LogP contribution in [0.4, 0.5) is 18.9 Å². The van der Waals surface area contributed by atoms with Crippen LogP contribution in [0.2, 0.25) is 0 Å². The van der Waals surface area contributed by atoms with Gasteiger partial charge in [-0.3, -0.25) is 14.5 Å². The first-order valence-electron chi connectivity index (χ1n) is 9.47. The Morgan fingerprint density at radius 1 is 1.07 bits per heavy atom. The van der Waals surface area contributed by atoms with Gasteiger partial charge in [0.1, 0.15) is 5.75 Å². The zero-order valence-electron chi connectivity index (χ0n) is 16.4.